The molecule has 1 aromatic carbocycles. The summed E-state index contributed by atoms with van der Waals surface area (Å²) in [5.74, 6) is -3.17. The first-order valence-electron chi connectivity index (χ1n) is 4.45. The number of hydrogen-bond donors (Lipinski definition) is 2. The summed E-state index contributed by atoms with van der Waals surface area (Å²) in [5, 5.41) is 18.2. The number of carbonyl (C=O) groups is 3. The Hall–Kier alpha value is -2.63. The van der Waals surface area contributed by atoms with Gasteiger partial charge < -0.3 is 14.9 Å². The molecule has 0 amide bonds. The van der Waals surface area contributed by atoms with Gasteiger partial charge in [0.05, 0.1) is 0 Å². The Bertz CT molecular complexity index is 489. The van der Waals surface area contributed by atoms with Crippen molar-refractivity contribution in [1.29, 1.82) is 0 Å². The zero-order valence-corrected chi connectivity index (χ0v) is 8.49. The van der Waals surface area contributed by atoms with E-state index in [1.807, 2.05) is 0 Å². The molecule has 0 atom stereocenters. The number of aldehydes is 1. The Morgan fingerprint density at radius 2 is 2.00 bits per heavy atom. The predicted molar refractivity (Wildman–Crippen MR) is 55.9 cm³/mol. The second-order valence-corrected chi connectivity index (χ2v) is 2.87. The van der Waals surface area contributed by atoms with Crippen LogP contribution in [-0.2, 0) is 9.59 Å². The molecule has 0 aliphatic rings. The molecule has 0 aromatic heterocycles. The van der Waals surface area contributed by atoms with Crippen molar-refractivity contribution in [2.45, 2.75) is 0 Å². The van der Waals surface area contributed by atoms with E-state index in [-0.39, 0.29) is 11.3 Å². The summed E-state index contributed by atoms with van der Waals surface area (Å²) in [6.45, 7) is 0. The Balaban J connectivity index is 2.96. The molecule has 0 fully saturated rings. The van der Waals surface area contributed by atoms with Crippen LogP contribution in [-0.4, -0.2) is 28.4 Å². The zero-order valence-electron chi connectivity index (χ0n) is 8.49. The molecule has 17 heavy (non-hydrogen) atoms. The number of carbonyl (C=O) groups excluding carboxylic acids is 2. The number of rotatable bonds is 4. The number of aromatic carboxylic acids is 1. The third kappa shape index (κ3) is 3.16. The molecular weight excluding hydrogens is 228 g/mol. The smallest absolute Gasteiger partial charge is 0.339 e. The average molecular weight is 236 g/mol. The lowest BCUT2D eigenvalue weighted by Crippen LogP contribution is -2.05. The first kappa shape index (κ1) is 12.4. The first-order chi connectivity index (χ1) is 8.06. The van der Waals surface area contributed by atoms with Crippen LogP contribution in [0.25, 0.3) is 0 Å². The van der Waals surface area contributed by atoms with Crippen molar-refractivity contribution in [3.05, 3.63) is 35.9 Å². The molecule has 0 spiro atoms. The molecule has 6 heteroatoms. The van der Waals surface area contributed by atoms with Gasteiger partial charge in [0.1, 0.15) is 11.8 Å². The van der Waals surface area contributed by atoms with Crippen molar-refractivity contribution < 1.29 is 29.3 Å². The molecule has 1 rings (SSSR count). The SMILES string of the molecule is O=C/C=C\C(=O)Oc1cccc(C(=O)O)c1O. The molecule has 1 aromatic rings. The number of esters is 1. The molecule has 6 nitrogen and oxygen atoms in total. The maximum atomic E-state index is 11.1. The minimum absolute atomic E-state index is 0.287. The number of ether oxygens (including phenoxy) is 1. The molecule has 0 saturated carbocycles. The van der Waals surface area contributed by atoms with Gasteiger partial charge in [-0.05, 0) is 18.2 Å². The van der Waals surface area contributed by atoms with Crippen LogP contribution < -0.4 is 4.74 Å². The summed E-state index contributed by atoms with van der Waals surface area (Å²) in [6, 6.07) is 3.71. The van der Waals surface area contributed by atoms with E-state index in [2.05, 4.69) is 4.74 Å². The maximum absolute atomic E-state index is 11.1. The van der Waals surface area contributed by atoms with Crippen LogP contribution in [0.2, 0.25) is 0 Å². The minimum Gasteiger partial charge on any atom is -0.504 e. The van der Waals surface area contributed by atoms with Crippen LogP contribution in [0.15, 0.2) is 30.4 Å². The summed E-state index contributed by atoms with van der Waals surface area (Å²) >= 11 is 0. The van der Waals surface area contributed by atoms with Gasteiger partial charge in [-0.1, -0.05) is 6.07 Å². The Morgan fingerprint density at radius 3 is 2.59 bits per heavy atom. The minimum atomic E-state index is -1.34. The van der Waals surface area contributed by atoms with Crippen molar-refractivity contribution >= 4 is 18.2 Å². The molecule has 0 aliphatic carbocycles. The van der Waals surface area contributed by atoms with E-state index >= 15 is 0 Å². The predicted octanol–water partition coefficient (Wildman–Crippen LogP) is 0.751. The molecule has 0 bridgehead atoms. The third-order valence-corrected chi connectivity index (χ3v) is 1.75. The van der Waals surface area contributed by atoms with Crippen LogP contribution >= 0.6 is 0 Å². The van der Waals surface area contributed by atoms with Crippen LogP contribution in [0.1, 0.15) is 10.4 Å². The van der Waals surface area contributed by atoms with Crippen molar-refractivity contribution in [2.24, 2.45) is 0 Å². The molecule has 2 N–H and O–H groups in total. The average Bonchev–Trinajstić information content (AvgIpc) is 2.28. The number of allylic oxidation sites excluding steroid dienone is 1. The lowest BCUT2D eigenvalue weighted by molar-refractivity contribution is -0.129. The van der Waals surface area contributed by atoms with Crippen LogP contribution in [0.5, 0.6) is 11.5 Å². The number of hydrogen-bond acceptors (Lipinski definition) is 5. The second kappa shape index (κ2) is 5.45. The summed E-state index contributed by atoms with van der Waals surface area (Å²) in [5.41, 5.74) is -0.380. The van der Waals surface area contributed by atoms with E-state index in [0.717, 1.165) is 18.2 Å². The molecule has 0 unspecified atom stereocenters. The quantitative estimate of drug-likeness (QED) is 0.346. The summed E-state index contributed by atoms with van der Waals surface area (Å²) in [7, 11) is 0. The largest absolute Gasteiger partial charge is 0.504 e. The van der Waals surface area contributed by atoms with Gasteiger partial charge in [0.25, 0.3) is 0 Å². The molecule has 0 saturated heterocycles. The monoisotopic (exact) mass is 236 g/mol. The van der Waals surface area contributed by atoms with Crippen molar-refractivity contribution in [3.63, 3.8) is 0 Å². The summed E-state index contributed by atoms with van der Waals surface area (Å²) in [6.07, 6.45) is 2.15. The Morgan fingerprint density at radius 1 is 1.29 bits per heavy atom. The van der Waals surface area contributed by atoms with Gasteiger partial charge in [0, 0.05) is 6.08 Å². The van der Waals surface area contributed by atoms with Crippen molar-refractivity contribution in [3.8, 4) is 11.5 Å². The Labute approximate surface area is 95.8 Å². The molecule has 0 radical (unpaired) electrons. The van der Waals surface area contributed by atoms with Gasteiger partial charge in [-0.25, -0.2) is 9.59 Å². The van der Waals surface area contributed by atoms with Gasteiger partial charge in [-0.2, -0.15) is 0 Å². The zero-order chi connectivity index (χ0) is 12.8. The fraction of sp³-hybridized carbons (Fsp3) is 0. The van der Waals surface area contributed by atoms with E-state index in [9.17, 15) is 19.5 Å². The highest BCUT2D eigenvalue weighted by Crippen LogP contribution is 2.29. The van der Waals surface area contributed by atoms with Crippen LogP contribution in [0, 0.1) is 0 Å². The normalized spacial score (nSPS) is 10.1. The highest BCUT2D eigenvalue weighted by atomic mass is 16.5. The van der Waals surface area contributed by atoms with Gasteiger partial charge in [-0.15, -0.1) is 0 Å². The lowest BCUT2D eigenvalue weighted by atomic mass is 10.2. The number of aromatic hydroxyl groups is 1. The van der Waals surface area contributed by atoms with Gasteiger partial charge in [0.15, 0.2) is 11.5 Å². The van der Waals surface area contributed by atoms with E-state index in [1.54, 1.807) is 0 Å². The van der Waals surface area contributed by atoms with E-state index in [1.165, 1.54) is 12.1 Å². The third-order valence-electron chi connectivity index (χ3n) is 1.75. The summed E-state index contributed by atoms with van der Waals surface area (Å²) < 4.78 is 4.64. The van der Waals surface area contributed by atoms with Crippen LogP contribution in [0.3, 0.4) is 0 Å². The van der Waals surface area contributed by atoms with Crippen LogP contribution in [0.4, 0.5) is 0 Å². The second-order valence-electron chi connectivity index (χ2n) is 2.87. The highest BCUT2D eigenvalue weighted by Gasteiger charge is 2.15. The standard InChI is InChI=1S/C11H8O6/c12-6-2-5-9(13)17-8-4-1-3-7(10(8)14)11(15)16/h1-6,14H,(H,15,16)/b5-2-. The number of benzene rings is 1. The van der Waals surface area contributed by atoms with Crippen molar-refractivity contribution in [2.75, 3.05) is 0 Å². The molecular formula is C11H8O6. The maximum Gasteiger partial charge on any atom is 0.339 e. The van der Waals surface area contributed by atoms with Gasteiger partial charge in [-0.3, -0.25) is 4.79 Å². The number of phenols is 1. The topological polar surface area (TPSA) is 101 Å². The van der Waals surface area contributed by atoms with E-state index in [0.29, 0.717) is 6.29 Å². The lowest BCUT2D eigenvalue weighted by Gasteiger charge is -2.05. The number of para-hydroxylation sites is 1. The first-order valence-corrected chi connectivity index (χ1v) is 4.45. The van der Waals surface area contributed by atoms with E-state index < -0.39 is 17.7 Å². The fourth-order valence-corrected chi connectivity index (χ4v) is 1.04. The molecule has 0 aliphatic heterocycles. The van der Waals surface area contributed by atoms with Gasteiger partial charge >= 0.3 is 11.9 Å². The van der Waals surface area contributed by atoms with Crippen molar-refractivity contribution in [1.82, 2.24) is 0 Å². The fourth-order valence-electron chi connectivity index (χ4n) is 1.04. The van der Waals surface area contributed by atoms with E-state index in [4.69, 9.17) is 5.11 Å². The summed E-state index contributed by atoms with van der Waals surface area (Å²) in [4.78, 5) is 31.7. The number of carboxylic acid groups (broad SMARTS) is 1. The highest BCUT2D eigenvalue weighted by molar-refractivity contribution is 5.93. The number of carboxylic acids is 1. The van der Waals surface area contributed by atoms with Gasteiger partial charge in [0.2, 0.25) is 0 Å². The molecule has 88 valence electrons. The molecule has 0 heterocycles. The Kier molecular flexibility index (Phi) is 3.99.